The topological polar surface area (TPSA) is 58.6 Å². The van der Waals surface area contributed by atoms with Crippen LogP contribution in [0.1, 0.15) is 21.5 Å². The van der Waals surface area contributed by atoms with Crippen LogP contribution in [0.15, 0.2) is 42.5 Å². The number of anilines is 1. The summed E-state index contributed by atoms with van der Waals surface area (Å²) >= 11 is 0. The molecular formula is C16H17NO3. The maximum atomic E-state index is 11.1. The summed E-state index contributed by atoms with van der Waals surface area (Å²) < 4.78 is 5.11. The Morgan fingerprint density at radius 3 is 2.50 bits per heavy atom. The summed E-state index contributed by atoms with van der Waals surface area (Å²) in [5.41, 5.74) is 3.00. The van der Waals surface area contributed by atoms with Gasteiger partial charge in [-0.15, -0.1) is 0 Å². The van der Waals surface area contributed by atoms with Crippen molar-refractivity contribution < 1.29 is 14.6 Å². The third kappa shape index (κ3) is 3.09. The second-order valence-corrected chi connectivity index (χ2v) is 4.48. The Morgan fingerprint density at radius 1 is 1.20 bits per heavy atom. The first-order chi connectivity index (χ1) is 9.61. The fraction of sp³-hybridized carbons (Fsp3) is 0.188. The minimum absolute atomic E-state index is 0.324. The van der Waals surface area contributed by atoms with E-state index >= 15 is 0 Å². The average molecular weight is 271 g/mol. The summed E-state index contributed by atoms with van der Waals surface area (Å²) in [6.07, 6.45) is 0. The smallest absolute Gasteiger partial charge is 0.336 e. The Kier molecular flexibility index (Phi) is 4.25. The maximum absolute atomic E-state index is 11.1. The number of methoxy groups -OCH3 is 1. The molecule has 0 spiro atoms. The van der Waals surface area contributed by atoms with Crippen molar-refractivity contribution in [1.82, 2.24) is 0 Å². The SMILES string of the molecule is COc1ccc(CNc2cccc(C(=O)O)c2C)cc1. The standard InChI is InChI=1S/C16H17NO3/c1-11-14(16(18)19)4-3-5-15(11)17-10-12-6-8-13(20-2)9-7-12/h3-9,17H,10H2,1-2H3,(H,18,19). The van der Waals surface area contributed by atoms with E-state index in [2.05, 4.69) is 5.32 Å². The van der Waals surface area contributed by atoms with Gasteiger partial charge in [-0.05, 0) is 42.3 Å². The fourth-order valence-electron chi connectivity index (χ4n) is 2.00. The first-order valence-corrected chi connectivity index (χ1v) is 6.31. The molecule has 0 bridgehead atoms. The van der Waals surface area contributed by atoms with E-state index in [-0.39, 0.29) is 0 Å². The molecule has 2 aromatic rings. The molecule has 0 aliphatic carbocycles. The molecule has 0 saturated heterocycles. The van der Waals surface area contributed by atoms with E-state index in [1.54, 1.807) is 26.2 Å². The predicted molar refractivity (Wildman–Crippen MR) is 78.5 cm³/mol. The van der Waals surface area contributed by atoms with Crippen molar-refractivity contribution in [2.24, 2.45) is 0 Å². The third-order valence-corrected chi connectivity index (χ3v) is 3.21. The lowest BCUT2D eigenvalue weighted by Gasteiger charge is -2.11. The molecule has 2 N–H and O–H groups in total. The number of aromatic carboxylic acids is 1. The normalized spacial score (nSPS) is 10.1. The maximum Gasteiger partial charge on any atom is 0.336 e. The highest BCUT2D eigenvalue weighted by atomic mass is 16.5. The molecule has 0 aliphatic rings. The van der Waals surface area contributed by atoms with Gasteiger partial charge in [0.25, 0.3) is 0 Å². The quantitative estimate of drug-likeness (QED) is 0.876. The molecule has 4 nitrogen and oxygen atoms in total. The van der Waals surface area contributed by atoms with E-state index in [0.717, 1.165) is 22.6 Å². The van der Waals surface area contributed by atoms with Crippen LogP contribution >= 0.6 is 0 Å². The van der Waals surface area contributed by atoms with Crippen LogP contribution in [0.2, 0.25) is 0 Å². The van der Waals surface area contributed by atoms with Gasteiger partial charge in [0.2, 0.25) is 0 Å². The van der Waals surface area contributed by atoms with Gasteiger partial charge in [-0.25, -0.2) is 4.79 Å². The number of carboxylic acids is 1. The Balaban J connectivity index is 2.10. The van der Waals surface area contributed by atoms with Gasteiger partial charge in [-0.1, -0.05) is 18.2 Å². The van der Waals surface area contributed by atoms with Crippen molar-refractivity contribution in [2.75, 3.05) is 12.4 Å². The zero-order chi connectivity index (χ0) is 14.5. The lowest BCUT2D eigenvalue weighted by Crippen LogP contribution is -2.05. The molecule has 2 aromatic carbocycles. The zero-order valence-electron chi connectivity index (χ0n) is 11.5. The molecule has 0 aromatic heterocycles. The van der Waals surface area contributed by atoms with Gasteiger partial charge in [-0.3, -0.25) is 0 Å². The molecule has 0 heterocycles. The minimum atomic E-state index is -0.907. The number of hydrogen-bond acceptors (Lipinski definition) is 3. The van der Waals surface area contributed by atoms with Crippen LogP contribution in [0.3, 0.4) is 0 Å². The Labute approximate surface area is 118 Å². The number of benzene rings is 2. The van der Waals surface area contributed by atoms with Crippen LogP contribution in [0, 0.1) is 6.92 Å². The van der Waals surface area contributed by atoms with Crippen LogP contribution in [-0.4, -0.2) is 18.2 Å². The Bertz CT molecular complexity index is 606. The molecule has 2 rings (SSSR count). The largest absolute Gasteiger partial charge is 0.497 e. The number of hydrogen-bond donors (Lipinski definition) is 2. The third-order valence-electron chi connectivity index (χ3n) is 3.21. The number of carboxylic acid groups (broad SMARTS) is 1. The van der Waals surface area contributed by atoms with E-state index in [9.17, 15) is 4.79 Å². The first kappa shape index (κ1) is 13.9. The Morgan fingerprint density at radius 2 is 1.90 bits per heavy atom. The van der Waals surface area contributed by atoms with Gasteiger partial charge in [0.15, 0.2) is 0 Å². The van der Waals surface area contributed by atoms with Crippen LogP contribution < -0.4 is 10.1 Å². The van der Waals surface area contributed by atoms with Crippen molar-refractivity contribution in [3.05, 3.63) is 59.2 Å². The molecule has 0 radical (unpaired) electrons. The highest BCUT2D eigenvalue weighted by Gasteiger charge is 2.09. The highest BCUT2D eigenvalue weighted by Crippen LogP contribution is 2.20. The van der Waals surface area contributed by atoms with Gasteiger partial charge in [0.1, 0.15) is 5.75 Å². The van der Waals surface area contributed by atoms with Crippen molar-refractivity contribution in [3.63, 3.8) is 0 Å². The van der Waals surface area contributed by atoms with Gasteiger partial charge < -0.3 is 15.2 Å². The lowest BCUT2D eigenvalue weighted by atomic mass is 10.1. The predicted octanol–water partition coefficient (Wildman–Crippen LogP) is 3.31. The van der Waals surface area contributed by atoms with Gasteiger partial charge in [-0.2, -0.15) is 0 Å². The monoisotopic (exact) mass is 271 g/mol. The van der Waals surface area contributed by atoms with Crippen molar-refractivity contribution >= 4 is 11.7 Å². The molecular weight excluding hydrogens is 254 g/mol. The second kappa shape index (κ2) is 6.10. The summed E-state index contributed by atoms with van der Waals surface area (Å²) in [6.45, 7) is 2.44. The number of ether oxygens (including phenoxy) is 1. The van der Waals surface area contributed by atoms with Crippen molar-refractivity contribution in [2.45, 2.75) is 13.5 Å². The molecule has 0 unspecified atom stereocenters. The van der Waals surface area contributed by atoms with Crippen LogP contribution in [0.25, 0.3) is 0 Å². The van der Waals surface area contributed by atoms with E-state index in [1.165, 1.54) is 0 Å². The molecule has 0 aliphatic heterocycles. The lowest BCUT2D eigenvalue weighted by molar-refractivity contribution is 0.0696. The molecule has 0 fully saturated rings. The fourth-order valence-corrected chi connectivity index (χ4v) is 2.00. The van der Waals surface area contributed by atoms with E-state index in [1.807, 2.05) is 30.3 Å². The molecule has 104 valence electrons. The second-order valence-electron chi connectivity index (χ2n) is 4.48. The molecule has 0 saturated carbocycles. The molecule has 4 heteroatoms. The molecule has 0 atom stereocenters. The summed E-state index contributed by atoms with van der Waals surface area (Å²) in [5.74, 6) is -0.0894. The molecule has 0 amide bonds. The summed E-state index contributed by atoms with van der Waals surface area (Å²) in [5, 5.41) is 12.3. The molecule has 20 heavy (non-hydrogen) atoms. The number of rotatable bonds is 5. The first-order valence-electron chi connectivity index (χ1n) is 6.31. The van der Waals surface area contributed by atoms with Crippen molar-refractivity contribution in [1.29, 1.82) is 0 Å². The zero-order valence-corrected chi connectivity index (χ0v) is 11.5. The summed E-state index contributed by atoms with van der Waals surface area (Å²) in [7, 11) is 1.63. The summed E-state index contributed by atoms with van der Waals surface area (Å²) in [6, 6.07) is 13.0. The van der Waals surface area contributed by atoms with Crippen LogP contribution in [0.4, 0.5) is 5.69 Å². The van der Waals surface area contributed by atoms with Gasteiger partial charge >= 0.3 is 5.97 Å². The van der Waals surface area contributed by atoms with E-state index in [4.69, 9.17) is 9.84 Å². The van der Waals surface area contributed by atoms with Crippen LogP contribution in [-0.2, 0) is 6.54 Å². The number of carbonyl (C=O) groups is 1. The van der Waals surface area contributed by atoms with Crippen LogP contribution in [0.5, 0.6) is 5.75 Å². The summed E-state index contributed by atoms with van der Waals surface area (Å²) in [4.78, 5) is 11.1. The van der Waals surface area contributed by atoms with Gasteiger partial charge in [0.05, 0.1) is 12.7 Å². The highest BCUT2D eigenvalue weighted by molar-refractivity contribution is 5.91. The average Bonchev–Trinajstić information content (AvgIpc) is 2.46. The van der Waals surface area contributed by atoms with E-state index < -0.39 is 5.97 Å². The minimum Gasteiger partial charge on any atom is -0.497 e. The van der Waals surface area contributed by atoms with E-state index in [0.29, 0.717) is 12.1 Å². The number of nitrogens with one attached hydrogen (secondary N) is 1. The Hall–Kier alpha value is -2.49. The van der Waals surface area contributed by atoms with Crippen molar-refractivity contribution in [3.8, 4) is 5.75 Å². The van der Waals surface area contributed by atoms with Gasteiger partial charge in [0, 0.05) is 12.2 Å².